The largest absolute Gasteiger partial charge is 0.355 e. The first-order chi connectivity index (χ1) is 17.4. The fourth-order valence-electron chi connectivity index (χ4n) is 5.54. The Morgan fingerprint density at radius 2 is 0.583 bits per heavy atom. The van der Waals surface area contributed by atoms with Crippen LogP contribution >= 0.6 is 0 Å². The molecule has 198 valence electrons. The van der Waals surface area contributed by atoms with E-state index in [2.05, 4.69) is 79.5 Å². The summed E-state index contributed by atoms with van der Waals surface area (Å²) in [5.74, 6) is 1.94. The zero-order valence-corrected chi connectivity index (χ0v) is 22.8. The molecule has 0 aliphatic carbocycles. The number of nitrogens with zero attached hydrogens (tertiary/aromatic N) is 10. The lowest BCUT2D eigenvalue weighted by Gasteiger charge is -2.45. The van der Waals surface area contributed by atoms with E-state index in [1.54, 1.807) is 0 Å². The van der Waals surface area contributed by atoms with Crippen molar-refractivity contribution in [3.63, 3.8) is 0 Å². The highest BCUT2D eigenvalue weighted by Crippen LogP contribution is 2.29. The van der Waals surface area contributed by atoms with E-state index in [-0.39, 0.29) is 0 Å². The molecular weight excluding hydrogens is 452 g/mol. The molecule has 10 heteroatoms. The Balaban J connectivity index is 1.81. The lowest BCUT2D eigenvalue weighted by atomic mass is 10.0. The van der Waals surface area contributed by atoms with Gasteiger partial charge in [0.2, 0.25) is 0 Å². The van der Waals surface area contributed by atoms with Gasteiger partial charge in [-0.05, 0) is 28.2 Å². The van der Waals surface area contributed by atoms with Crippen molar-refractivity contribution in [1.82, 2.24) is 39.2 Å². The molecule has 4 aliphatic rings. The third kappa shape index (κ3) is 6.07. The second-order valence-corrected chi connectivity index (χ2v) is 10.8. The summed E-state index contributed by atoms with van der Waals surface area (Å²) in [6.07, 6.45) is 0. The Morgan fingerprint density at radius 3 is 0.750 bits per heavy atom. The van der Waals surface area contributed by atoms with E-state index >= 15 is 0 Å². The molecule has 0 aromatic heterocycles. The Hall–Kier alpha value is -2.50. The summed E-state index contributed by atoms with van der Waals surface area (Å²) in [7, 11) is 8.62. The van der Waals surface area contributed by atoms with Gasteiger partial charge in [-0.2, -0.15) is 10.5 Å². The summed E-state index contributed by atoms with van der Waals surface area (Å²) in [5.41, 5.74) is 1.11. The van der Waals surface area contributed by atoms with E-state index in [9.17, 15) is 10.5 Å². The Kier molecular flexibility index (Phi) is 8.97. The van der Waals surface area contributed by atoms with Gasteiger partial charge in [0.15, 0.2) is 0 Å². The first-order valence-electron chi connectivity index (χ1n) is 13.4. The predicted molar refractivity (Wildman–Crippen MR) is 142 cm³/mol. The van der Waals surface area contributed by atoms with Gasteiger partial charge >= 0.3 is 0 Å². The highest BCUT2D eigenvalue weighted by atomic mass is 15.4. The summed E-state index contributed by atoms with van der Waals surface area (Å²) >= 11 is 0. The number of hydrogen-bond acceptors (Lipinski definition) is 10. The van der Waals surface area contributed by atoms with Crippen LogP contribution in [0.4, 0.5) is 0 Å². The maximum atomic E-state index is 10.7. The topological polar surface area (TPSA) is 73.5 Å². The summed E-state index contributed by atoms with van der Waals surface area (Å²) in [5, 5.41) is 21.3. The molecule has 0 bridgehead atoms. The first kappa shape index (κ1) is 26.6. The minimum absolute atomic E-state index is 0.555. The quantitative estimate of drug-likeness (QED) is 0.366. The molecule has 0 aromatic carbocycles. The lowest BCUT2D eigenvalue weighted by Crippen LogP contribution is -2.53. The standard InChI is InChI=1S/C26H44N10/c1-29-5-13-33(14-6-29)25(34-15-7-30(2)8-16-34)23(21-27)24(22-28)26(35-17-9-31(3)10-18-35)36-19-11-32(4)12-20-36/h5-20H2,1-4H3. The second kappa shape index (κ2) is 12.2. The van der Waals surface area contributed by atoms with Crippen LogP contribution < -0.4 is 0 Å². The fourth-order valence-corrected chi connectivity index (χ4v) is 5.54. The van der Waals surface area contributed by atoms with Gasteiger partial charge in [-0.15, -0.1) is 0 Å². The summed E-state index contributed by atoms with van der Waals surface area (Å²) in [6, 6.07) is 5.12. The molecule has 0 aromatic rings. The fraction of sp³-hybridized carbons (Fsp3) is 0.769. The molecule has 4 fully saturated rings. The number of hydrogen-bond donors (Lipinski definition) is 0. The molecule has 0 radical (unpaired) electrons. The number of piperazine rings is 4. The van der Waals surface area contributed by atoms with Gasteiger partial charge in [-0.25, -0.2) is 0 Å². The van der Waals surface area contributed by atoms with Crippen LogP contribution in [0.25, 0.3) is 0 Å². The number of likely N-dealkylation sites (N-methyl/N-ethyl adjacent to an activating group) is 4. The maximum absolute atomic E-state index is 10.7. The van der Waals surface area contributed by atoms with Crippen molar-refractivity contribution in [2.75, 3.05) is 133 Å². The summed E-state index contributed by atoms with van der Waals surface area (Å²) in [4.78, 5) is 18.8. The van der Waals surface area contributed by atoms with Crippen LogP contribution in [0.3, 0.4) is 0 Å². The normalized spacial score (nSPS) is 23.3. The highest BCUT2D eigenvalue weighted by molar-refractivity contribution is 5.54. The molecule has 0 unspecified atom stereocenters. The summed E-state index contributed by atoms with van der Waals surface area (Å²) < 4.78 is 0. The lowest BCUT2D eigenvalue weighted by molar-refractivity contribution is 0.103. The molecule has 0 saturated carbocycles. The Labute approximate surface area is 217 Å². The van der Waals surface area contributed by atoms with Crippen molar-refractivity contribution in [2.24, 2.45) is 0 Å². The molecule has 4 aliphatic heterocycles. The van der Waals surface area contributed by atoms with Crippen molar-refractivity contribution >= 4 is 0 Å². The average molecular weight is 497 g/mol. The zero-order chi connectivity index (χ0) is 25.7. The Bertz CT molecular complexity index is 761. The van der Waals surface area contributed by atoms with Gasteiger partial charge in [0.1, 0.15) is 34.9 Å². The van der Waals surface area contributed by atoms with E-state index < -0.39 is 0 Å². The molecule has 0 spiro atoms. The molecule has 4 rings (SSSR count). The first-order valence-corrected chi connectivity index (χ1v) is 13.4. The molecular formula is C26H44N10. The minimum Gasteiger partial charge on any atom is -0.355 e. The third-order valence-corrected chi connectivity index (χ3v) is 8.13. The molecule has 10 nitrogen and oxygen atoms in total. The minimum atomic E-state index is 0.555. The van der Waals surface area contributed by atoms with E-state index in [1.165, 1.54) is 0 Å². The second-order valence-electron chi connectivity index (χ2n) is 10.8. The number of allylic oxidation sites excluding steroid dienone is 2. The van der Waals surface area contributed by atoms with Gasteiger partial charge in [-0.1, -0.05) is 0 Å². The molecule has 0 N–H and O–H groups in total. The SMILES string of the molecule is CN1CCN(C(=C(C#N)C(C#N)=C(N2CCN(C)CC2)N2CCN(C)CC2)N2CCN(C)CC2)CC1. The van der Waals surface area contributed by atoms with Crippen molar-refractivity contribution in [2.45, 2.75) is 0 Å². The van der Waals surface area contributed by atoms with Crippen molar-refractivity contribution < 1.29 is 0 Å². The van der Waals surface area contributed by atoms with Crippen LogP contribution in [-0.4, -0.2) is 172 Å². The molecule has 0 atom stereocenters. The van der Waals surface area contributed by atoms with E-state index in [0.717, 1.165) is 116 Å². The maximum Gasteiger partial charge on any atom is 0.124 e. The highest BCUT2D eigenvalue weighted by Gasteiger charge is 2.33. The van der Waals surface area contributed by atoms with Crippen LogP contribution in [0.15, 0.2) is 22.8 Å². The van der Waals surface area contributed by atoms with Gasteiger partial charge in [-0.3, -0.25) is 0 Å². The Morgan fingerprint density at radius 1 is 0.389 bits per heavy atom. The zero-order valence-electron chi connectivity index (χ0n) is 22.8. The van der Waals surface area contributed by atoms with Crippen LogP contribution in [0.1, 0.15) is 0 Å². The van der Waals surface area contributed by atoms with Crippen molar-refractivity contribution in [3.8, 4) is 12.1 Å². The van der Waals surface area contributed by atoms with Gasteiger partial charge in [0, 0.05) is 105 Å². The number of nitriles is 2. The van der Waals surface area contributed by atoms with E-state index in [0.29, 0.717) is 11.1 Å². The molecule has 36 heavy (non-hydrogen) atoms. The van der Waals surface area contributed by atoms with Crippen LogP contribution in [0.2, 0.25) is 0 Å². The third-order valence-electron chi connectivity index (χ3n) is 8.13. The van der Waals surface area contributed by atoms with Crippen molar-refractivity contribution in [1.29, 1.82) is 10.5 Å². The molecule has 0 amide bonds. The van der Waals surface area contributed by atoms with Gasteiger partial charge in [0.05, 0.1) is 0 Å². The van der Waals surface area contributed by atoms with Crippen LogP contribution in [0.5, 0.6) is 0 Å². The predicted octanol–water partition coefficient (Wildman–Crippen LogP) is -0.554. The van der Waals surface area contributed by atoms with Crippen molar-refractivity contribution in [3.05, 3.63) is 22.8 Å². The van der Waals surface area contributed by atoms with Gasteiger partial charge in [0.25, 0.3) is 0 Å². The van der Waals surface area contributed by atoms with E-state index in [4.69, 9.17) is 0 Å². The number of rotatable bonds is 5. The summed E-state index contributed by atoms with van der Waals surface area (Å²) in [6.45, 7) is 14.7. The van der Waals surface area contributed by atoms with Gasteiger partial charge < -0.3 is 39.2 Å². The smallest absolute Gasteiger partial charge is 0.124 e. The van der Waals surface area contributed by atoms with E-state index in [1.807, 2.05) is 0 Å². The monoisotopic (exact) mass is 496 g/mol. The van der Waals surface area contributed by atoms with Crippen LogP contribution in [-0.2, 0) is 0 Å². The molecule has 4 heterocycles. The van der Waals surface area contributed by atoms with Crippen LogP contribution in [0, 0.1) is 22.7 Å². The molecule has 4 saturated heterocycles. The average Bonchev–Trinajstić information content (AvgIpc) is 2.89.